The van der Waals surface area contributed by atoms with E-state index in [1.165, 1.54) is 11.6 Å². The molecule has 1 atom stereocenters. The predicted octanol–water partition coefficient (Wildman–Crippen LogP) is 0.209. The Labute approximate surface area is 104 Å². The zero-order valence-corrected chi connectivity index (χ0v) is 11.1. The zero-order valence-electron chi connectivity index (χ0n) is 10.2. The quantitative estimate of drug-likeness (QED) is 0.702. The second-order valence-corrected chi connectivity index (χ2v) is 4.89. The fraction of sp³-hybridized carbons (Fsp3) is 0.600. The van der Waals surface area contributed by atoms with Gasteiger partial charge in [-0.05, 0) is 25.4 Å². The standard InChI is InChI=1S/C10H18N4O2S/c1-6(4-5-17-3)12-7-8(11)14(2)10(16)13-9(7)15/h6,12H,4-5,11H2,1-3H3,(H,13,15,16). The van der Waals surface area contributed by atoms with Crippen LogP contribution in [0.4, 0.5) is 11.5 Å². The van der Waals surface area contributed by atoms with Crippen molar-refractivity contribution in [2.24, 2.45) is 7.05 Å². The van der Waals surface area contributed by atoms with E-state index >= 15 is 0 Å². The summed E-state index contributed by atoms with van der Waals surface area (Å²) in [5.74, 6) is 1.16. The van der Waals surface area contributed by atoms with Crippen LogP contribution in [0.25, 0.3) is 0 Å². The van der Waals surface area contributed by atoms with Crippen LogP contribution >= 0.6 is 11.8 Å². The highest BCUT2D eigenvalue weighted by molar-refractivity contribution is 7.98. The number of nitrogen functional groups attached to an aromatic ring is 1. The molecule has 0 spiro atoms. The first-order valence-corrected chi connectivity index (χ1v) is 6.71. The van der Waals surface area contributed by atoms with E-state index in [9.17, 15) is 9.59 Å². The average Bonchev–Trinajstić information content (AvgIpc) is 2.29. The third kappa shape index (κ3) is 3.29. The number of nitrogens with zero attached hydrogens (tertiary/aromatic N) is 1. The largest absolute Gasteiger partial charge is 0.383 e. The van der Waals surface area contributed by atoms with Gasteiger partial charge in [0, 0.05) is 13.1 Å². The number of nitrogens with one attached hydrogen (secondary N) is 2. The van der Waals surface area contributed by atoms with Crippen molar-refractivity contribution in [3.05, 3.63) is 20.8 Å². The summed E-state index contributed by atoms with van der Waals surface area (Å²) in [5, 5.41) is 3.04. The number of thioether (sulfide) groups is 1. The van der Waals surface area contributed by atoms with Crippen molar-refractivity contribution in [3.63, 3.8) is 0 Å². The molecule has 0 amide bonds. The molecule has 17 heavy (non-hydrogen) atoms. The van der Waals surface area contributed by atoms with Crippen molar-refractivity contribution in [2.75, 3.05) is 23.1 Å². The molecular weight excluding hydrogens is 240 g/mol. The first-order valence-electron chi connectivity index (χ1n) is 5.31. The molecule has 0 aliphatic carbocycles. The molecule has 4 N–H and O–H groups in total. The Hall–Kier alpha value is -1.37. The van der Waals surface area contributed by atoms with Crippen molar-refractivity contribution >= 4 is 23.3 Å². The monoisotopic (exact) mass is 258 g/mol. The van der Waals surface area contributed by atoms with Crippen molar-refractivity contribution in [2.45, 2.75) is 19.4 Å². The summed E-state index contributed by atoms with van der Waals surface area (Å²) in [7, 11) is 1.52. The maximum absolute atomic E-state index is 11.6. The van der Waals surface area contributed by atoms with E-state index in [4.69, 9.17) is 5.73 Å². The fourth-order valence-corrected chi connectivity index (χ4v) is 1.98. The molecule has 0 aliphatic heterocycles. The summed E-state index contributed by atoms with van der Waals surface area (Å²) in [5.41, 5.74) is 5.03. The minimum Gasteiger partial charge on any atom is -0.383 e. The molecule has 0 radical (unpaired) electrons. The van der Waals surface area contributed by atoms with Crippen LogP contribution in [-0.4, -0.2) is 27.6 Å². The van der Waals surface area contributed by atoms with Gasteiger partial charge in [0.15, 0.2) is 0 Å². The molecule has 0 aromatic carbocycles. The van der Waals surface area contributed by atoms with Crippen LogP contribution in [0.2, 0.25) is 0 Å². The van der Waals surface area contributed by atoms with Gasteiger partial charge in [0.05, 0.1) is 0 Å². The van der Waals surface area contributed by atoms with E-state index in [0.717, 1.165) is 12.2 Å². The molecule has 0 saturated heterocycles. The summed E-state index contributed by atoms with van der Waals surface area (Å²) >= 11 is 1.74. The third-order valence-electron chi connectivity index (χ3n) is 2.52. The molecule has 1 aromatic rings. The van der Waals surface area contributed by atoms with E-state index in [-0.39, 0.29) is 17.5 Å². The van der Waals surface area contributed by atoms with Gasteiger partial charge in [-0.3, -0.25) is 14.3 Å². The molecule has 1 rings (SSSR count). The van der Waals surface area contributed by atoms with Crippen molar-refractivity contribution < 1.29 is 0 Å². The van der Waals surface area contributed by atoms with E-state index in [1.807, 2.05) is 13.2 Å². The number of aromatic amines is 1. The van der Waals surface area contributed by atoms with Crippen LogP contribution < -0.4 is 22.3 Å². The fourth-order valence-electron chi connectivity index (χ4n) is 1.39. The van der Waals surface area contributed by atoms with E-state index in [1.54, 1.807) is 11.8 Å². The van der Waals surface area contributed by atoms with Gasteiger partial charge in [0.25, 0.3) is 5.56 Å². The molecule has 6 nitrogen and oxygen atoms in total. The van der Waals surface area contributed by atoms with Gasteiger partial charge >= 0.3 is 5.69 Å². The normalized spacial score (nSPS) is 12.4. The average molecular weight is 258 g/mol. The second-order valence-electron chi connectivity index (χ2n) is 3.91. The Morgan fingerprint density at radius 3 is 2.76 bits per heavy atom. The third-order valence-corrected chi connectivity index (χ3v) is 3.16. The van der Waals surface area contributed by atoms with Crippen LogP contribution in [0, 0.1) is 0 Å². The molecule has 1 aromatic heterocycles. The van der Waals surface area contributed by atoms with Gasteiger partial charge in [-0.25, -0.2) is 4.79 Å². The molecule has 1 heterocycles. The Bertz CT molecular complexity index is 494. The minimum absolute atomic E-state index is 0.128. The van der Waals surface area contributed by atoms with E-state index in [0.29, 0.717) is 0 Å². The molecule has 0 saturated carbocycles. The topological polar surface area (TPSA) is 92.9 Å². The lowest BCUT2D eigenvalue weighted by Crippen LogP contribution is -2.34. The summed E-state index contributed by atoms with van der Waals surface area (Å²) < 4.78 is 1.21. The SMILES string of the molecule is CSCCC(C)Nc1c(N)n(C)c(=O)[nH]c1=O. The lowest BCUT2D eigenvalue weighted by molar-refractivity contribution is 0.756. The van der Waals surface area contributed by atoms with Crippen LogP contribution in [0.3, 0.4) is 0 Å². The molecular formula is C10H18N4O2S. The summed E-state index contributed by atoms with van der Waals surface area (Å²) in [6.45, 7) is 1.97. The smallest absolute Gasteiger partial charge is 0.329 e. The van der Waals surface area contributed by atoms with Gasteiger partial charge in [-0.15, -0.1) is 0 Å². The Balaban J connectivity index is 2.95. The highest BCUT2D eigenvalue weighted by Crippen LogP contribution is 2.12. The van der Waals surface area contributed by atoms with Crippen LogP contribution in [0.5, 0.6) is 0 Å². The van der Waals surface area contributed by atoms with Crippen molar-refractivity contribution in [1.82, 2.24) is 9.55 Å². The number of H-pyrrole nitrogens is 1. The van der Waals surface area contributed by atoms with Crippen LogP contribution in [0.15, 0.2) is 9.59 Å². The highest BCUT2D eigenvalue weighted by Gasteiger charge is 2.12. The number of rotatable bonds is 5. The highest BCUT2D eigenvalue weighted by atomic mass is 32.2. The summed E-state index contributed by atoms with van der Waals surface area (Å²) in [4.78, 5) is 25.1. The Morgan fingerprint density at radius 1 is 1.53 bits per heavy atom. The van der Waals surface area contributed by atoms with Crippen molar-refractivity contribution in [1.29, 1.82) is 0 Å². The van der Waals surface area contributed by atoms with Crippen LogP contribution in [0.1, 0.15) is 13.3 Å². The summed E-state index contributed by atoms with van der Waals surface area (Å²) in [6.07, 6.45) is 2.95. The molecule has 0 aliphatic rings. The van der Waals surface area contributed by atoms with Gasteiger partial charge < -0.3 is 11.1 Å². The lowest BCUT2D eigenvalue weighted by Gasteiger charge is -2.16. The van der Waals surface area contributed by atoms with E-state index in [2.05, 4.69) is 10.3 Å². The van der Waals surface area contributed by atoms with Gasteiger partial charge in [-0.2, -0.15) is 11.8 Å². The number of anilines is 2. The Kier molecular flexibility index (Phi) is 4.68. The number of nitrogens with two attached hydrogens (primary N) is 1. The first-order chi connectivity index (χ1) is 7.97. The maximum atomic E-state index is 11.6. The maximum Gasteiger partial charge on any atom is 0.329 e. The Morgan fingerprint density at radius 2 is 2.18 bits per heavy atom. The minimum atomic E-state index is -0.505. The van der Waals surface area contributed by atoms with Gasteiger partial charge in [0.1, 0.15) is 11.5 Å². The summed E-state index contributed by atoms with van der Waals surface area (Å²) in [6, 6.07) is 0.128. The van der Waals surface area contributed by atoms with E-state index < -0.39 is 11.2 Å². The number of aromatic nitrogens is 2. The predicted molar refractivity (Wildman–Crippen MR) is 72.8 cm³/mol. The van der Waals surface area contributed by atoms with Gasteiger partial charge in [0.2, 0.25) is 0 Å². The molecule has 0 bridgehead atoms. The molecule has 1 unspecified atom stereocenters. The lowest BCUT2D eigenvalue weighted by atomic mass is 10.2. The number of hydrogen-bond acceptors (Lipinski definition) is 5. The first kappa shape index (κ1) is 13.7. The van der Waals surface area contributed by atoms with Crippen molar-refractivity contribution in [3.8, 4) is 0 Å². The van der Waals surface area contributed by atoms with Crippen LogP contribution in [-0.2, 0) is 7.05 Å². The second kappa shape index (κ2) is 5.81. The molecule has 0 fully saturated rings. The zero-order chi connectivity index (χ0) is 13.0. The molecule has 96 valence electrons. The number of hydrogen-bond donors (Lipinski definition) is 3. The molecule has 7 heteroatoms. The van der Waals surface area contributed by atoms with Gasteiger partial charge in [-0.1, -0.05) is 0 Å².